The zero-order chi connectivity index (χ0) is 14.2. The number of benzene rings is 2. The van der Waals surface area contributed by atoms with E-state index in [0.29, 0.717) is 5.02 Å². The first-order chi connectivity index (χ1) is 9.67. The molecule has 20 heavy (non-hydrogen) atoms. The highest BCUT2D eigenvalue weighted by Crippen LogP contribution is 2.57. The Kier molecular flexibility index (Phi) is 3.50. The summed E-state index contributed by atoms with van der Waals surface area (Å²) in [7, 11) is 0. The van der Waals surface area contributed by atoms with Crippen LogP contribution in [0.4, 0.5) is 4.39 Å². The van der Waals surface area contributed by atoms with Gasteiger partial charge in [0.1, 0.15) is 5.82 Å². The van der Waals surface area contributed by atoms with Crippen LogP contribution in [-0.2, 0) is 5.41 Å². The largest absolute Gasteiger partial charge is 0.271 e. The minimum Gasteiger partial charge on any atom is -0.271 e. The summed E-state index contributed by atoms with van der Waals surface area (Å²) in [6, 6.07) is 14.4. The maximum atomic E-state index is 13.5. The summed E-state index contributed by atoms with van der Waals surface area (Å²) in [5, 5.41) is 0.538. The Hall–Kier alpha value is -1.42. The molecule has 3 N–H and O–H groups in total. The van der Waals surface area contributed by atoms with Crippen LogP contribution < -0.4 is 11.3 Å². The number of nitrogens with one attached hydrogen (secondary N) is 1. The lowest BCUT2D eigenvalue weighted by molar-refractivity contribution is 0.437. The Bertz CT molecular complexity index is 611. The van der Waals surface area contributed by atoms with E-state index in [1.54, 1.807) is 6.07 Å². The van der Waals surface area contributed by atoms with Gasteiger partial charge in [0.05, 0.1) is 6.04 Å². The summed E-state index contributed by atoms with van der Waals surface area (Å²) in [6.45, 7) is 0. The Morgan fingerprint density at radius 1 is 1.15 bits per heavy atom. The van der Waals surface area contributed by atoms with Crippen LogP contribution in [0.3, 0.4) is 0 Å². The van der Waals surface area contributed by atoms with E-state index in [2.05, 4.69) is 17.6 Å². The highest BCUT2D eigenvalue weighted by atomic mass is 35.5. The van der Waals surface area contributed by atoms with Gasteiger partial charge in [0.15, 0.2) is 0 Å². The van der Waals surface area contributed by atoms with Crippen LogP contribution in [-0.4, -0.2) is 0 Å². The molecule has 0 radical (unpaired) electrons. The standard InChI is InChI=1S/C16H16ClFN2/c17-14-7-6-12(18)10-13(14)15(20-19)16(8-9-16)11-4-2-1-3-5-11/h1-7,10,15,20H,8-9,19H2. The smallest absolute Gasteiger partial charge is 0.123 e. The van der Waals surface area contributed by atoms with Crippen molar-refractivity contribution in [2.75, 3.05) is 0 Å². The Morgan fingerprint density at radius 3 is 2.45 bits per heavy atom. The van der Waals surface area contributed by atoms with Crippen LogP contribution >= 0.6 is 11.6 Å². The molecule has 0 heterocycles. The number of hydrogen-bond acceptors (Lipinski definition) is 2. The van der Waals surface area contributed by atoms with E-state index >= 15 is 0 Å². The van der Waals surface area contributed by atoms with Crippen molar-refractivity contribution in [3.05, 3.63) is 70.5 Å². The second kappa shape index (κ2) is 5.17. The van der Waals surface area contributed by atoms with Crippen molar-refractivity contribution in [2.45, 2.75) is 24.3 Å². The molecule has 0 bridgehead atoms. The first kappa shape index (κ1) is 13.6. The first-order valence-corrected chi connectivity index (χ1v) is 7.02. The van der Waals surface area contributed by atoms with Crippen molar-refractivity contribution in [2.24, 2.45) is 5.84 Å². The number of rotatable bonds is 4. The van der Waals surface area contributed by atoms with Gasteiger partial charge in [-0.15, -0.1) is 0 Å². The molecule has 0 spiro atoms. The van der Waals surface area contributed by atoms with E-state index in [4.69, 9.17) is 17.4 Å². The molecule has 0 aromatic heterocycles. The van der Waals surface area contributed by atoms with Gasteiger partial charge < -0.3 is 0 Å². The molecule has 0 saturated heterocycles. The number of nitrogens with two attached hydrogens (primary N) is 1. The van der Waals surface area contributed by atoms with Crippen molar-refractivity contribution in [1.29, 1.82) is 0 Å². The van der Waals surface area contributed by atoms with Gasteiger partial charge in [0.25, 0.3) is 0 Å². The van der Waals surface area contributed by atoms with E-state index in [-0.39, 0.29) is 17.3 Å². The van der Waals surface area contributed by atoms with E-state index in [9.17, 15) is 4.39 Å². The maximum absolute atomic E-state index is 13.5. The molecule has 1 unspecified atom stereocenters. The molecule has 1 saturated carbocycles. The van der Waals surface area contributed by atoms with Crippen LogP contribution in [0.1, 0.15) is 30.0 Å². The molecular formula is C16H16ClFN2. The quantitative estimate of drug-likeness (QED) is 0.665. The van der Waals surface area contributed by atoms with E-state index in [1.165, 1.54) is 17.7 Å². The third-order valence-electron chi connectivity index (χ3n) is 4.13. The lowest BCUT2D eigenvalue weighted by Gasteiger charge is -2.28. The second-order valence-corrected chi connectivity index (χ2v) is 5.69. The fourth-order valence-electron chi connectivity index (χ4n) is 2.93. The molecule has 1 atom stereocenters. The normalized spacial score (nSPS) is 17.8. The average molecular weight is 291 g/mol. The lowest BCUT2D eigenvalue weighted by atomic mass is 9.84. The molecule has 4 heteroatoms. The lowest BCUT2D eigenvalue weighted by Crippen LogP contribution is -2.37. The molecule has 3 rings (SSSR count). The molecule has 1 aliphatic carbocycles. The summed E-state index contributed by atoms with van der Waals surface area (Å²) >= 11 is 6.23. The van der Waals surface area contributed by atoms with E-state index in [0.717, 1.165) is 18.4 Å². The van der Waals surface area contributed by atoms with Crippen LogP contribution in [0, 0.1) is 5.82 Å². The van der Waals surface area contributed by atoms with Crippen molar-refractivity contribution < 1.29 is 4.39 Å². The zero-order valence-corrected chi connectivity index (χ0v) is 11.7. The van der Waals surface area contributed by atoms with Gasteiger partial charge in [-0.25, -0.2) is 4.39 Å². The van der Waals surface area contributed by atoms with E-state index in [1.807, 2.05) is 18.2 Å². The predicted molar refractivity (Wildman–Crippen MR) is 78.8 cm³/mol. The van der Waals surface area contributed by atoms with Crippen molar-refractivity contribution in [1.82, 2.24) is 5.43 Å². The van der Waals surface area contributed by atoms with Gasteiger partial charge >= 0.3 is 0 Å². The number of halogens is 2. The van der Waals surface area contributed by atoms with Crippen molar-refractivity contribution >= 4 is 11.6 Å². The van der Waals surface area contributed by atoms with Crippen LogP contribution in [0.2, 0.25) is 5.02 Å². The zero-order valence-electron chi connectivity index (χ0n) is 10.9. The number of hydrogen-bond donors (Lipinski definition) is 2. The van der Waals surface area contributed by atoms with Crippen LogP contribution in [0.25, 0.3) is 0 Å². The van der Waals surface area contributed by atoms with E-state index < -0.39 is 0 Å². The topological polar surface area (TPSA) is 38.0 Å². The average Bonchev–Trinajstić information content (AvgIpc) is 3.26. The van der Waals surface area contributed by atoms with Gasteiger partial charge in [-0.1, -0.05) is 41.9 Å². The highest BCUT2D eigenvalue weighted by molar-refractivity contribution is 6.31. The monoisotopic (exact) mass is 290 g/mol. The summed E-state index contributed by atoms with van der Waals surface area (Å²) < 4.78 is 13.5. The molecule has 104 valence electrons. The van der Waals surface area contributed by atoms with Crippen molar-refractivity contribution in [3.8, 4) is 0 Å². The van der Waals surface area contributed by atoms with Crippen molar-refractivity contribution in [3.63, 3.8) is 0 Å². The third kappa shape index (κ3) is 2.22. The van der Waals surface area contributed by atoms with Gasteiger partial charge in [0, 0.05) is 10.4 Å². The molecule has 2 aromatic carbocycles. The minimum atomic E-state index is -0.298. The molecule has 1 fully saturated rings. The predicted octanol–water partition coefficient (Wildman–Crippen LogP) is 3.72. The second-order valence-electron chi connectivity index (χ2n) is 5.29. The Balaban J connectivity index is 2.04. The van der Waals surface area contributed by atoms with Gasteiger partial charge in [0.2, 0.25) is 0 Å². The Morgan fingerprint density at radius 2 is 1.85 bits per heavy atom. The summed E-state index contributed by atoms with van der Waals surface area (Å²) in [5.41, 5.74) is 4.68. The summed E-state index contributed by atoms with van der Waals surface area (Å²) in [5.74, 6) is 5.46. The number of hydrazine groups is 1. The molecule has 0 aliphatic heterocycles. The SMILES string of the molecule is NNC(c1cc(F)ccc1Cl)C1(c2ccccc2)CC1. The highest BCUT2D eigenvalue weighted by Gasteiger charge is 2.51. The molecular weight excluding hydrogens is 275 g/mol. The summed E-state index contributed by atoms with van der Waals surface area (Å²) in [6.07, 6.45) is 2.03. The Labute approximate surface area is 122 Å². The molecule has 1 aliphatic rings. The maximum Gasteiger partial charge on any atom is 0.123 e. The molecule has 2 nitrogen and oxygen atoms in total. The fraction of sp³-hybridized carbons (Fsp3) is 0.250. The minimum absolute atomic E-state index is 0.0898. The van der Waals surface area contributed by atoms with Gasteiger partial charge in [-0.3, -0.25) is 11.3 Å². The first-order valence-electron chi connectivity index (χ1n) is 6.64. The van der Waals surface area contributed by atoms with Gasteiger partial charge in [-0.2, -0.15) is 0 Å². The van der Waals surface area contributed by atoms with Crippen LogP contribution in [0.5, 0.6) is 0 Å². The van der Waals surface area contributed by atoms with Crippen LogP contribution in [0.15, 0.2) is 48.5 Å². The fourth-order valence-corrected chi connectivity index (χ4v) is 3.16. The third-order valence-corrected chi connectivity index (χ3v) is 4.47. The molecule has 2 aromatic rings. The van der Waals surface area contributed by atoms with Gasteiger partial charge in [-0.05, 0) is 42.2 Å². The summed E-state index contributed by atoms with van der Waals surface area (Å²) in [4.78, 5) is 0. The molecule has 0 amide bonds.